The lowest BCUT2D eigenvalue weighted by atomic mass is 10.1. The van der Waals surface area contributed by atoms with Gasteiger partial charge in [0.1, 0.15) is 11.5 Å². The molecule has 1 aliphatic rings. The first kappa shape index (κ1) is 27.1. The molecular formula is C29H40N4O4. The number of rotatable bonds is 12. The maximum atomic E-state index is 11.0. The number of para-hydroxylation sites is 1. The van der Waals surface area contributed by atoms with Crippen LogP contribution in [0.15, 0.2) is 54.6 Å². The molecule has 2 heterocycles. The van der Waals surface area contributed by atoms with E-state index in [4.69, 9.17) is 19.3 Å². The Balaban J connectivity index is 1.62. The molecule has 0 radical (unpaired) electrons. The van der Waals surface area contributed by atoms with Crippen LogP contribution in [0.5, 0.6) is 17.4 Å². The summed E-state index contributed by atoms with van der Waals surface area (Å²) in [6.45, 7) is 12.3. The number of aromatic nitrogens is 2. The van der Waals surface area contributed by atoms with Crippen molar-refractivity contribution in [3.8, 4) is 23.1 Å². The smallest absolute Gasteiger partial charge is 0.227 e. The molecule has 1 saturated heterocycles. The molecule has 8 heteroatoms. The first-order chi connectivity index (χ1) is 17.9. The largest absolute Gasteiger partial charge is 0.497 e. The monoisotopic (exact) mass is 508 g/mol. The minimum Gasteiger partial charge on any atom is -0.497 e. The Morgan fingerprint density at radius 3 is 2.46 bits per heavy atom. The van der Waals surface area contributed by atoms with Crippen LogP contribution in [0.25, 0.3) is 5.69 Å². The average molecular weight is 509 g/mol. The van der Waals surface area contributed by atoms with E-state index in [2.05, 4.69) is 23.6 Å². The fourth-order valence-corrected chi connectivity index (χ4v) is 4.73. The first-order valence-corrected chi connectivity index (χ1v) is 13.1. The number of hydrogen-bond donors (Lipinski definition) is 1. The third-order valence-electron chi connectivity index (χ3n) is 6.44. The van der Waals surface area contributed by atoms with Crippen molar-refractivity contribution < 1.29 is 19.3 Å². The van der Waals surface area contributed by atoms with Gasteiger partial charge in [-0.2, -0.15) is 5.10 Å². The minimum atomic E-state index is -0.455. The number of morpholine rings is 1. The highest BCUT2D eigenvalue weighted by Crippen LogP contribution is 2.33. The summed E-state index contributed by atoms with van der Waals surface area (Å²) in [6.07, 6.45) is -0.455. The van der Waals surface area contributed by atoms with Gasteiger partial charge in [0, 0.05) is 45.3 Å². The first-order valence-electron chi connectivity index (χ1n) is 13.1. The number of benzene rings is 2. The second-order valence-electron chi connectivity index (χ2n) is 10.1. The fraction of sp³-hybridized carbons (Fsp3) is 0.483. The van der Waals surface area contributed by atoms with Crippen molar-refractivity contribution in [1.29, 1.82) is 0 Å². The van der Waals surface area contributed by atoms with E-state index in [1.807, 2.05) is 66.2 Å². The van der Waals surface area contributed by atoms with Gasteiger partial charge in [-0.25, -0.2) is 4.68 Å². The summed E-state index contributed by atoms with van der Waals surface area (Å²) in [5, 5.41) is 15.9. The molecule has 1 aliphatic heterocycles. The van der Waals surface area contributed by atoms with E-state index in [1.165, 1.54) is 0 Å². The Hall–Kier alpha value is -2.91. The summed E-state index contributed by atoms with van der Waals surface area (Å²) in [6, 6.07) is 17.6. The van der Waals surface area contributed by atoms with E-state index in [0.717, 1.165) is 55.5 Å². The Kier molecular flexibility index (Phi) is 9.57. The van der Waals surface area contributed by atoms with E-state index in [9.17, 15) is 5.11 Å². The second-order valence-corrected chi connectivity index (χ2v) is 10.1. The number of β-amino-alcohol motifs (C(OH)–C–C–N with tert-alkyl or cyclic N) is 1. The maximum absolute atomic E-state index is 11.0. The number of aryl methyl sites for hydroxylation is 1. The molecule has 0 saturated carbocycles. The molecule has 0 amide bonds. The Bertz CT molecular complexity index is 1110. The average Bonchev–Trinajstić information content (AvgIpc) is 3.19. The molecule has 4 rings (SSSR count). The summed E-state index contributed by atoms with van der Waals surface area (Å²) >= 11 is 0. The topological polar surface area (TPSA) is 72.2 Å². The van der Waals surface area contributed by atoms with Crippen molar-refractivity contribution in [2.45, 2.75) is 33.4 Å². The number of aliphatic hydroxyl groups is 1. The molecule has 8 nitrogen and oxygen atoms in total. The van der Waals surface area contributed by atoms with Gasteiger partial charge >= 0.3 is 0 Å². The van der Waals surface area contributed by atoms with E-state index in [-0.39, 0.29) is 0 Å². The lowest BCUT2D eigenvalue weighted by Gasteiger charge is -2.31. The minimum absolute atomic E-state index is 0.447. The molecule has 0 aliphatic carbocycles. The molecule has 200 valence electrons. The zero-order chi connectivity index (χ0) is 26.2. The summed E-state index contributed by atoms with van der Waals surface area (Å²) in [5.41, 5.74) is 2.83. The van der Waals surface area contributed by atoms with Crippen molar-refractivity contribution in [1.82, 2.24) is 19.6 Å². The molecular weight excluding hydrogens is 468 g/mol. The summed E-state index contributed by atoms with van der Waals surface area (Å²) in [4.78, 5) is 4.59. The van der Waals surface area contributed by atoms with Crippen LogP contribution < -0.4 is 9.47 Å². The molecule has 0 spiro atoms. The third kappa shape index (κ3) is 7.55. The molecule has 0 bridgehead atoms. The maximum Gasteiger partial charge on any atom is 0.227 e. The van der Waals surface area contributed by atoms with Gasteiger partial charge in [0.05, 0.1) is 43.4 Å². The van der Waals surface area contributed by atoms with Gasteiger partial charge in [-0.1, -0.05) is 38.1 Å². The van der Waals surface area contributed by atoms with Crippen LogP contribution in [-0.4, -0.2) is 83.8 Å². The summed E-state index contributed by atoms with van der Waals surface area (Å²) in [5.74, 6) is 2.53. The quantitative estimate of drug-likeness (QED) is 0.394. The van der Waals surface area contributed by atoms with Crippen molar-refractivity contribution in [2.75, 3.05) is 53.0 Å². The lowest BCUT2D eigenvalue weighted by Crippen LogP contribution is -2.45. The molecule has 37 heavy (non-hydrogen) atoms. The summed E-state index contributed by atoms with van der Waals surface area (Å²) < 4.78 is 19.2. The Morgan fingerprint density at radius 2 is 1.76 bits per heavy atom. The highest BCUT2D eigenvalue weighted by atomic mass is 16.5. The van der Waals surface area contributed by atoms with Gasteiger partial charge in [0.25, 0.3) is 0 Å². The number of ether oxygens (including phenoxy) is 3. The third-order valence-corrected chi connectivity index (χ3v) is 6.44. The van der Waals surface area contributed by atoms with E-state index >= 15 is 0 Å². The lowest BCUT2D eigenvalue weighted by molar-refractivity contribution is 0.00533. The number of nitrogens with zero attached hydrogens (tertiary/aromatic N) is 4. The van der Waals surface area contributed by atoms with Crippen LogP contribution in [0.1, 0.15) is 25.1 Å². The molecule has 2 aromatic carbocycles. The number of hydrogen-bond acceptors (Lipinski definition) is 7. The molecule has 1 unspecified atom stereocenters. The van der Waals surface area contributed by atoms with Crippen LogP contribution in [0.3, 0.4) is 0 Å². The molecule has 1 atom stereocenters. The van der Waals surface area contributed by atoms with Crippen LogP contribution >= 0.6 is 0 Å². The molecule has 1 fully saturated rings. The Morgan fingerprint density at radius 1 is 1.03 bits per heavy atom. The van der Waals surface area contributed by atoms with Gasteiger partial charge in [-0.05, 0) is 37.1 Å². The van der Waals surface area contributed by atoms with Crippen LogP contribution in [0.2, 0.25) is 0 Å². The van der Waals surface area contributed by atoms with E-state index in [1.54, 1.807) is 7.11 Å². The number of methoxy groups -OCH3 is 1. The van der Waals surface area contributed by atoms with Crippen molar-refractivity contribution >= 4 is 0 Å². The number of aliphatic hydroxyl groups excluding tert-OH is 1. The molecule has 3 aromatic rings. The molecule has 1 N–H and O–H groups in total. The van der Waals surface area contributed by atoms with E-state index in [0.29, 0.717) is 37.2 Å². The highest BCUT2D eigenvalue weighted by molar-refractivity contribution is 5.44. The van der Waals surface area contributed by atoms with Crippen molar-refractivity contribution in [3.05, 3.63) is 65.9 Å². The standard InChI is InChI=1S/C29H40N4O4/c1-22(2)18-32(20-25(34)19-31-13-15-36-16-14-31)21-28-23(3)30-33(24-9-6-5-7-10-24)29(28)37-27-12-8-11-26(17-27)35-4/h5-12,17,22,25,34H,13-16,18-21H2,1-4H3. The van der Waals surface area contributed by atoms with Gasteiger partial charge in [0.2, 0.25) is 5.88 Å². The normalized spacial score (nSPS) is 15.3. The summed E-state index contributed by atoms with van der Waals surface area (Å²) in [7, 11) is 1.65. The van der Waals surface area contributed by atoms with Crippen molar-refractivity contribution in [2.24, 2.45) is 5.92 Å². The predicted molar refractivity (Wildman–Crippen MR) is 145 cm³/mol. The van der Waals surface area contributed by atoms with Gasteiger partial charge in [0.15, 0.2) is 0 Å². The second kappa shape index (κ2) is 13.1. The van der Waals surface area contributed by atoms with Gasteiger partial charge in [-0.15, -0.1) is 0 Å². The zero-order valence-corrected chi connectivity index (χ0v) is 22.5. The van der Waals surface area contributed by atoms with Crippen molar-refractivity contribution in [3.63, 3.8) is 0 Å². The molecule has 1 aromatic heterocycles. The predicted octanol–water partition coefficient (Wildman–Crippen LogP) is 4.13. The SMILES string of the molecule is COc1cccc(Oc2c(CN(CC(C)C)CC(O)CN3CCOCC3)c(C)nn2-c2ccccc2)c1. The van der Waals surface area contributed by atoms with Crippen LogP contribution in [0.4, 0.5) is 0 Å². The van der Waals surface area contributed by atoms with Crippen LogP contribution in [-0.2, 0) is 11.3 Å². The highest BCUT2D eigenvalue weighted by Gasteiger charge is 2.24. The van der Waals surface area contributed by atoms with Crippen LogP contribution in [0, 0.1) is 12.8 Å². The van der Waals surface area contributed by atoms with Gasteiger partial charge in [-0.3, -0.25) is 9.80 Å². The fourth-order valence-electron chi connectivity index (χ4n) is 4.73. The van der Waals surface area contributed by atoms with Gasteiger partial charge < -0.3 is 19.3 Å². The Labute approximate surface area is 220 Å². The van der Waals surface area contributed by atoms with E-state index < -0.39 is 6.10 Å². The zero-order valence-electron chi connectivity index (χ0n) is 22.5.